The van der Waals surface area contributed by atoms with Gasteiger partial charge in [-0.2, -0.15) is 0 Å². The number of carbonyl (C=O) groups excluding carboxylic acids is 1. The number of nitrogens with two attached hydrogens (primary N) is 1. The first-order valence-electron chi connectivity index (χ1n) is 9.70. The Morgan fingerprint density at radius 1 is 0.931 bits per heavy atom. The molecule has 29 heavy (non-hydrogen) atoms. The molecule has 7 nitrogen and oxygen atoms in total. The SMILES string of the molecule is COc1ccccc1N1CCN(C(N)CC(=O)c2cccc(OC)c2OC)CC1. The first-order chi connectivity index (χ1) is 14.1. The van der Waals surface area contributed by atoms with Crippen molar-refractivity contribution in [1.82, 2.24) is 4.90 Å². The summed E-state index contributed by atoms with van der Waals surface area (Å²) in [6, 6.07) is 13.3. The van der Waals surface area contributed by atoms with Gasteiger partial charge >= 0.3 is 0 Å². The van der Waals surface area contributed by atoms with E-state index in [1.54, 1.807) is 32.4 Å². The Hall–Kier alpha value is -2.77. The number of carbonyl (C=O) groups is 1. The third-order valence-corrected chi connectivity index (χ3v) is 5.31. The smallest absolute Gasteiger partial charge is 0.171 e. The van der Waals surface area contributed by atoms with Crippen LogP contribution in [0.3, 0.4) is 0 Å². The molecule has 0 saturated carbocycles. The molecule has 1 unspecified atom stereocenters. The standard InChI is InChI=1S/C22H29N3O4/c1-27-19-9-5-4-8-17(19)24-11-13-25(14-12-24)21(23)15-18(26)16-7-6-10-20(28-2)22(16)29-3/h4-10,21H,11-15,23H2,1-3H3. The predicted octanol–water partition coefficient (Wildman–Crippen LogP) is 2.39. The predicted molar refractivity (Wildman–Crippen MR) is 113 cm³/mol. The van der Waals surface area contributed by atoms with Gasteiger partial charge in [-0.05, 0) is 24.3 Å². The van der Waals surface area contributed by atoms with Gasteiger partial charge in [-0.3, -0.25) is 9.69 Å². The molecule has 156 valence electrons. The molecule has 0 radical (unpaired) electrons. The first-order valence-corrected chi connectivity index (χ1v) is 9.70. The molecule has 1 aliphatic heterocycles. The summed E-state index contributed by atoms with van der Waals surface area (Å²) in [5.41, 5.74) is 7.96. The molecule has 2 aromatic rings. The molecular formula is C22H29N3O4. The quantitative estimate of drug-likeness (QED) is 0.683. The van der Waals surface area contributed by atoms with Crippen molar-refractivity contribution in [2.75, 3.05) is 52.4 Å². The average Bonchev–Trinajstić information content (AvgIpc) is 2.78. The fraction of sp³-hybridized carbons (Fsp3) is 0.409. The second-order valence-electron chi connectivity index (χ2n) is 6.93. The number of rotatable bonds is 8. The topological polar surface area (TPSA) is 77.3 Å². The van der Waals surface area contributed by atoms with Gasteiger partial charge in [0.05, 0.1) is 38.7 Å². The summed E-state index contributed by atoms with van der Waals surface area (Å²) in [5.74, 6) is 1.80. The van der Waals surface area contributed by atoms with Gasteiger partial charge in [0, 0.05) is 32.6 Å². The number of hydrogen-bond acceptors (Lipinski definition) is 7. The molecule has 1 atom stereocenters. The van der Waals surface area contributed by atoms with Gasteiger partial charge in [-0.15, -0.1) is 0 Å². The third kappa shape index (κ3) is 4.63. The summed E-state index contributed by atoms with van der Waals surface area (Å²) < 4.78 is 16.1. The van der Waals surface area contributed by atoms with E-state index in [-0.39, 0.29) is 18.4 Å². The molecule has 2 N–H and O–H groups in total. The van der Waals surface area contributed by atoms with Gasteiger partial charge < -0.3 is 24.8 Å². The van der Waals surface area contributed by atoms with E-state index in [0.717, 1.165) is 37.6 Å². The van der Waals surface area contributed by atoms with Gasteiger partial charge in [0.2, 0.25) is 0 Å². The van der Waals surface area contributed by atoms with E-state index in [9.17, 15) is 4.79 Å². The van der Waals surface area contributed by atoms with E-state index < -0.39 is 0 Å². The number of hydrogen-bond donors (Lipinski definition) is 1. The van der Waals surface area contributed by atoms with Crippen molar-refractivity contribution in [3.8, 4) is 17.2 Å². The van der Waals surface area contributed by atoms with Crippen LogP contribution in [-0.2, 0) is 0 Å². The summed E-state index contributed by atoms with van der Waals surface area (Å²) in [5, 5.41) is 0. The van der Waals surface area contributed by atoms with E-state index in [1.807, 2.05) is 18.2 Å². The summed E-state index contributed by atoms with van der Waals surface area (Å²) in [6.45, 7) is 3.21. The molecular weight excluding hydrogens is 370 g/mol. The van der Waals surface area contributed by atoms with Crippen LogP contribution in [0, 0.1) is 0 Å². The highest BCUT2D eigenvalue weighted by atomic mass is 16.5. The second-order valence-corrected chi connectivity index (χ2v) is 6.93. The average molecular weight is 399 g/mol. The van der Waals surface area contributed by atoms with Crippen molar-refractivity contribution < 1.29 is 19.0 Å². The van der Waals surface area contributed by atoms with Crippen molar-refractivity contribution in [1.29, 1.82) is 0 Å². The Balaban J connectivity index is 1.61. The number of nitrogens with zero attached hydrogens (tertiary/aromatic N) is 2. The van der Waals surface area contributed by atoms with Crippen LogP contribution < -0.4 is 24.8 Å². The minimum atomic E-state index is -0.349. The number of benzene rings is 2. The van der Waals surface area contributed by atoms with Crippen molar-refractivity contribution in [3.05, 3.63) is 48.0 Å². The minimum Gasteiger partial charge on any atom is -0.495 e. The fourth-order valence-electron chi connectivity index (χ4n) is 3.72. The first kappa shape index (κ1) is 21.0. The van der Waals surface area contributed by atoms with Gasteiger partial charge in [0.25, 0.3) is 0 Å². The van der Waals surface area contributed by atoms with Crippen LogP contribution in [0.5, 0.6) is 17.2 Å². The normalized spacial score (nSPS) is 15.7. The number of ether oxygens (including phenoxy) is 3. The third-order valence-electron chi connectivity index (χ3n) is 5.31. The largest absolute Gasteiger partial charge is 0.495 e. The van der Waals surface area contributed by atoms with Crippen molar-refractivity contribution in [2.45, 2.75) is 12.6 Å². The molecule has 1 heterocycles. The van der Waals surface area contributed by atoms with Gasteiger partial charge in [0.1, 0.15) is 5.75 Å². The molecule has 0 aromatic heterocycles. The Labute approximate surface area is 171 Å². The van der Waals surface area contributed by atoms with Crippen molar-refractivity contribution >= 4 is 11.5 Å². The van der Waals surface area contributed by atoms with Crippen LogP contribution >= 0.6 is 0 Å². The number of anilines is 1. The second kappa shape index (κ2) is 9.62. The molecule has 7 heteroatoms. The number of piperazine rings is 1. The lowest BCUT2D eigenvalue weighted by atomic mass is 10.0. The molecule has 0 aliphatic carbocycles. The zero-order chi connectivity index (χ0) is 20.8. The van der Waals surface area contributed by atoms with Gasteiger partial charge in [-0.25, -0.2) is 0 Å². The Kier molecular flexibility index (Phi) is 6.95. The number of methoxy groups -OCH3 is 3. The van der Waals surface area contributed by atoms with Crippen LogP contribution in [0.1, 0.15) is 16.8 Å². The van der Waals surface area contributed by atoms with E-state index in [4.69, 9.17) is 19.9 Å². The van der Waals surface area contributed by atoms with E-state index >= 15 is 0 Å². The zero-order valence-electron chi connectivity index (χ0n) is 17.3. The van der Waals surface area contributed by atoms with E-state index in [2.05, 4.69) is 15.9 Å². The fourth-order valence-corrected chi connectivity index (χ4v) is 3.72. The van der Waals surface area contributed by atoms with Crippen LogP contribution in [0.2, 0.25) is 0 Å². The highest BCUT2D eigenvalue weighted by Crippen LogP contribution is 2.32. The van der Waals surface area contributed by atoms with Crippen molar-refractivity contribution in [3.63, 3.8) is 0 Å². The maximum absolute atomic E-state index is 12.8. The molecule has 0 bridgehead atoms. The highest BCUT2D eigenvalue weighted by molar-refractivity contribution is 5.99. The molecule has 1 saturated heterocycles. The van der Waals surface area contributed by atoms with Crippen LogP contribution in [-0.4, -0.2) is 64.4 Å². The summed E-state index contributed by atoms with van der Waals surface area (Å²) >= 11 is 0. The maximum Gasteiger partial charge on any atom is 0.171 e. The summed E-state index contributed by atoms with van der Waals surface area (Å²) in [7, 11) is 4.77. The monoisotopic (exact) mass is 399 g/mol. The van der Waals surface area contributed by atoms with Crippen LogP contribution in [0.15, 0.2) is 42.5 Å². The zero-order valence-corrected chi connectivity index (χ0v) is 17.3. The Morgan fingerprint density at radius 2 is 1.59 bits per heavy atom. The van der Waals surface area contributed by atoms with Gasteiger partial charge in [-0.1, -0.05) is 18.2 Å². The molecule has 1 fully saturated rings. The lowest BCUT2D eigenvalue weighted by molar-refractivity contribution is 0.0912. The molecule has 1 aliphatic rings. The molecule has 2 aromatic carbocycles. The lowest BCUT2D eigenvalue weighted by Crippen LogP contribution is -2.54. The van der Waals surface area contributed by atoms with Crippen LogP contribution in [0.25, 0.3) is 0 Å². The van der Waals surface area contributed by atoms with E-state index in [1.165, 1.54) is 7.11 Å². The summed E-state index contributed by atoms with van der Waals surface area (Å²) in [6.07, 6.45) is -0.128. The molecule has 3 rings (SSSR count). The molecule has 0 amide bonds. The lowest BCUT2D eigenvalue weighted by Gasteiger charge is -2.39. The molecule has 0 spiro atoms. The van der Waals surface area contributed by atoms with E-state index in [0.29, 0.717) is 17.1 Å². The highest BCUT2D eigenvalue weighted by Gasteiger charge is 2.26. The minimum absolute atomic E-state index is 0.0552. The summed E-state index contributed by atoms with van der Waals surface area (Å²) in [4.78, 5) is 17.3. The number of Topliss-reactive ketones (excluding diaryl/α,β-unsaturated/α-hetero) is 1. The van der Waals surface area contributed by atoms with Crippen LogP contribution in [0.4, 0.5) is 5.69 Å². The number of ketones is 1. The van der Waals surface area contributed by atoms with Gasteiger partial charge in [0.15, 0.2) is 17.3 Å². The number of para-hydroxylation sites is 3. The Bertz CT molecular complexity index is 835. The maximum atomic E-state index is 12.8. The Morgan fingerprint density at radius 3 is 2.24 bits per heavy atom. The van der Waals surface area contributed by atoms with Crippen molar-refractivity contribution in [2.24, 2.45) is 5.73 Å².